The van der Waals surface area contributed by atoms with Crippen molar-refractivity contribution in [3.63, 3.8) is 0 Å². The number of rotatable bonds is 1. The summed E-state index contributed by atoms with van der Waals surface area (Å²) in [5.41, 5.74) is 0.865. The van der Waals surface area contributed by atoms with Gasteiger partial charge in [-0.2, -0.15) is 0 Å². The summed E-state index contributed by atoms with van der Waals surface area (Å²) in [6.07, 6.45) is 0. The normalized spacial score (nSPS) is 11.2. The highest BCUT2D eigenvalue weighted by Crippen LogP contribution is 2.46. The summed E-state index contributed by atoms with van der Waals surface area (Å²) in [5.74, 6) is -0.548. The quantitative estimate of drug-likeness (QED) is 0.566. The lowest BCUT2D eigenvalue weighted by atomic mass is 10.2. The molecule has 1 aromatic heterocycles. The van der Waals surface area contributed by atoms with Crippen LogP contribution in [0.3, 0.4) is 0 Å². The molecule has 0 aliphatic heterocycles. The van der Waals surface area contributed by atoms with Gasteiger partial charge in [-0.25, -0.2) is 9.37 Å². The highest BCUT2D eigenvalue weighted by molar-refractivity contribution is 7.21. The first kappa shape index (κ1) is 13.9. The zero-order valence-electron chi connectivity index (χ0n) is 9.62. The molecule has 0 aliphatic rings. The summed E-state index contributed by atoms with van der Waals surface area (Å²) in [6.45, 7) is 0. The van der Waals surface area contributed by atoms with Gasteiger partial charge in [0, 0.05) is 0 Å². The number of phenolic OH excluding ortho intramolecular Hbond substituents is 1. The van der Waals surface area contributed by atoms with E-state index in [2.05, 4.69) is 4.98 Å². The maximum atomic E-state index is 13.2. The minimum absolute atomic E-state index is 0.0832. The number of benzene rings is 2. The smallest absolute Gasteiger partial charge is 0.146 e. The van der Waals surface area contributed by atoms with E-state index in [4.69, 9.17) is 34.8 Å². The van der Waals surface area contributed by atoms with Gasteiger partial charge < -0.3 is 5.11 Å². The molecule has 3 rings (SSSR count). The Morgan fingerprint density at radius 2 is 1.85 bits per heavy atom. The number of halogens is 4. The Balaban J connectivity index is 2.30. The molecule has 0 amide bonds. The second kappa shape index (κ2) is 5.04. The second-order valence-corrected chi connectivity index (χ2v) is 6.23. The number of aromatic hydroxyl groups is 1. The van der Waals surface area contributed by atoms with E-state index in [-0.39, 0.29) is 32.2 Å². The van der Waals surface area contributed by atoms with Crippen LogP contribution in [-0.2, 0) is 0 Å². The van der Waals surface area contributed by atoms with Crippen LogP contribution in [0.2, 0.25) is 15.1 Å². The van der Waals surface area contributed by atoms with Crippen LogP contribution in [0.1, 0.15) is 0 Å². The monoisotopic (exact) mass is 347 g/mol. The fourth-order valence-corrected chi connectivity index (χ4v) is 3.58. The van der Waals surface area contributed by atoms with E-state index in [0.717, 1.165) is 0 Å². The van der Waals surface area contributed by atoms with Gasteiger partial charge in [0.05, 0.1) is 30.8 Å². The standard InChI is InChI=1S/C13H5Cl3FNOS/c14-6-4-7(15)12(19)10(11(6)16)13-18-8-2-1-5(17)3-9(8)20-13/h1-4,19H. The second-order valence-electron chi connectivity index (χ2n) is 4.01. The number of nitrogens with zero attached hydrogens (tertiary/aromatic N) is 1. The van der Waals surface area contributed by atoms with Gasteiger partial charge in [0.2, 0.25) is 0 Å². The molecule has 0 saturated carbocycles. The first-order valence-corrected chi connectivity index (χ1v) is 7.35. The molecule has 20 heavy (non-hydrogen) atoms. The highest BCUT2D eigenvalue weighted by Gasteiger charge is 2.19. The largest absolute Gasteiger partial charge is 0.506 e. The van der Waals surface area contributed by atoms with Gasteiger partial charge in [-0.1, -0.05) is 34.8 Å². The summed E-state index contributed by atoms with van der Waals surface area (Å²) in [6, 6.07) is 5.60. The van der Waals surface area contributed by atoms with Crippen molar-refractivity contribution in [3.8, 4) is 16.3 Å². The van der Waals surface area contributed by atoms with E-state index >= 15 is 0 Å². The zero-order chi connectivity index (χ0) is 14.4. The van der Waals surface area contributed by atoms with Crippen molar-refractivity contribution >= 4 is 56.4 Å². The molecule has 1 heterocycles. The molecule has 0 saturated heterocycles. The van der Waals surface area contributed by atoms with Gasteiger partial charge in [-0.15, -0.1) is 11.3 Å². The molecule has 102 valence electrons. The van der Waals surface area contributed by atoms with Crippen molar-refractivity contribution in [1.82, 2.24) is 4.98 Å². The Labute approximate surface area is 132 Å². The molecule has 0 atom stereocenters. The average Bonchev–Trinajstić information content (AvgIpc) is 2.79. The van der Waals surface area contributed by atoms with Crippen molar-refractivity contribution in [2.24, 2.45) is 0 Å². The molecular formula is C13H5Cl3FNOS. The summed E-state index contributed by atoms with van der Waals surface area (Å²) in [5, 5.41) is 10.9. The summed E-state index contributed by atoms with van der Waals surface area (Å²) in [7, 11) is 0. The van der Waals surface area contributed by atoms with Gasteiger partial charge in [-0.3, -0.25) is 0 Å². The molecular weight excluding hydrogens is 344 g/mol. The third kappa shape index (κ3) is 2.23. The van der Waals surface area contributed by atoms with E-state index in [1.807, 2.05) is 0 Å². The third-order valence-corrected chi connectivity index (χ3v) is 4.82. The summed E-state index contributed by atoms with van der Waals surface area (Å²) >= 11 is 19.1. The van der Waals surface area contributed by atoms with Crippen molar-refractivity contribution < 1.29 is 9.50 Å². The molecule has 0 aliphatic carbocycles. The molecule has 1 N–H and O–H groups in total. The minimum Gasteiger partial charge on any atom is -0.506 e. The molecule has 3 aromatic rings. The number of hydrogen-bond donors (Lipinski definition) is 1. The molecule has 0 unspecified atom stereocenters. The van der Waals surface area contributed by atoms with Gasteiger partial charge in [0.15, 0.2) is 0 Å². The van der Waals surface area contributed by atoms with Crippen LogP contribution in [0.5, 0.6) is 5.75 Å². The zero-order valence-corrected chi connectivity index (χ0v) is 12.7. The average molecular weight is 349 g/mol. The predicted octanol–water partition coefficient (Wildman–Crippen LogP) is 5.77. The lowest BCUT2D eigenvalue weighted by Gasteiger charge is -2.07. The van der Waals surface area contributed by atoms with Crippen LogP contribution >= 0.6 is 46.1 Å². The molecule has 0 radical (unpaired) electrons. The van der Waals surface area contributed by atoms with Gasteiger partial charge in [-0.05, 0) is 24.3 Å². The summed E-state index contributed by atoms with van der Waals surface area (Å²) < 4.78 is 13.8. The van der Waals surface area contributed by atoms with E-state index in [1.165, 1.54) is 29.5 Å². The van der Waals surface area contributed by atoms with Crippen LogP contribution in [0.15, 0.2) is 24.3 Å². The number of hydrogen-bond acceptors (Lipinski definition) is 3. The Hall–Kier alpha value is -1.07. The Bertz CT molecular complexity index is 808. The molecule has 2 nitrogen and oxygen atoms in total. The molecule has 0 spiro atoms. The maximum absolute atomic E-state index is 13.2. The Morgan fingerprint density at radius 1 is 1.10 bits per heavy atom. The lowest BCUT2D eigenvalue weighted by Crippen LogP contribution is -1.83. The Kier molecular flexibility index (Phi) is 3.50. The minimum atomic E-state index is -0.354. The number of aromatic nitrogens is 1. The first-order valence-electron chi connectivity index (χ1n) is 5.40. The van der Waals surface area contributed by atoms with Crippen molar-refractivity contribution in [2.45, 2.75) is 0 Å². The fraction of sp³-hybridized carbons (Fsp3) is 0. The van der Waals surface area contributed by atoms with E-state index in [0.29, 0.717) is 15.2 Å². The highest BCUT2D eigenvalue weighted by atomic mass is 35.5. The van der Waals surface area contributed by atoms with Crippen LogP contribution in [0.25, 0.3) is 20.8 Å². The van der Waals surface area contributed by atoms with Crippen molar-refractivity contribution in [2.75, 3.05) is 0 Å². The number of thiazole rings is 1. The van der Waals surface area contributed by atoms with Crippen LogP contribution in [0, 0.1) is 5.82 Å². The Morgan fingerprint density at radius 3 is 2.60 bits per heavy atom. The molecule has 2 aromatic carbocycles. The van der Waals surface area contributed by atoms with Gasteiger partial charge in [0.1, 0.15) is 16.6 Å². The van der Waals surface area contributed by atoms with Crippen molar-refractivity contribution in [1.29, 1.82) is 0 Å². The maximum Gasteiger partial charge on any atom is 0.146 e. The molecule has 7 heteroatoms. The summed E-state index contributed by atoms with van der Waals surface area (Å²) in [4.78, 5) is 4.32. The van der Waals surface area contributed by atoms with Crippen LogP contribution < -0.4 is 0 Å². The topological polar surface area (TPSA) is 33.1 Å². The lowest BCUT2D eigenvalue weighted by molar-refractivity contribution is 0.477. The fourth-order valence-electron chi connectivity index (χ4n) is 1.79. The van der Waals surface area contributed by atoms with Crippen molar-refractivity contribution in [3.05, 3.63) is 45.2 Å². The molecule has 0 bridgehead atoms. The van der Waals surface area contributed by atoms with E-state index in [1.54, 1.807) is 6.07 Å². The van der Waals surface area contributed by atoms with E-state index < -0.39 is 0 Å². The van der Waals surface area contributed by atoms with E-state index in [9.17, 15) is 9.50 Å². The van der Waals surface area contributed by atoms with Gasteiger partial charge >= 0.3 is 0 Å². The SMILES string of the molecule is Oc1c(Cl)cc(Cl)c(Cl)c1-c1nc2ccc(F)cc2s1. The molecule has 0 fully saturated rings. The predicted molar refractivity (Wildman–Crippen MR) is 81.7 cm³/mol. The van der Waals surface area contributed by atoms with Gasteiger partial charge in [0.25, 0.3) is 0 Å². The number of fused-ring (bicyclic) bond motifs is 1. The third-order valence-electron chi connectivity index (χ3n) is 2.71. The first-order chi connectivity index (χ1) is 9.47. The van der Waals surface area contributed by atoms with Crippen LogP contribution in [-0.4, -0.2) is 10.1 Å². The number of phenols is 1. The van der Waals surface area contributed by atoms with Crippen LogP contribution in [0.4, 0.5) is 4.39 Å².